The van der Waals surface area contributed by atoms with Crippen molar-refractivity contribution in [3.05, 3.63) is 35.9 Å². The number of carbonyl (C=O) groups is 1. The van der Waals surface area contributed by atoms with E-state index in [1.807, 2.05) is 0 Å². The first-order valence-electron chi connectivity index (χ1n) is 3.63. The molecule has 0 aromatic heterocycles. The topological polar surface area (TPSA) is 71.4 Å². The second-order valence-corrected chi connectivity index (χ2v) is 4.48. The average molecular weight is 235 g/mol. The number of rotatable bonds is 3. The van der Waals surface area contributed by atoms with Gasteiger partial charge in [0.2, 0.25) is 5.24 Å². The summed E-state index contributed by atoms with van der Waals surface area (Å²) < 4.78 is 30.4. The molecule has 1 aromatic rings. The van der Waals surface area contributed by atoms with Crippen molar-refractivity contribution in [1.82, 2.24) is 0 Å². The van der Waals surface area contributed by atoms with Crippen LogP contribution in [0.4, 0.5) is 0 Å². The summed E-state index contributed by atoms with van der Waals surface area (Å²) in [5.41, 5.74) is 0.148. The molecule has 6 heteroatoms. The minimum atomic E-state index is -4.50. The van der Waals surface area contributed by atoms with Crippen LogP contribution in [0.1, 0.15) is 10.8 Å². The van der Waals surface area contributed by atoms with E-state index in [9.17, 15) is 13.2 Å². The van der Waals surface area contributed by atoms with Gasteiger partial charge in [-0.1, -0.05) is 30.3 Å². The Balaban J connectivity index is 3.22. The highest BCUT2D eigenvalue weighted by molar-refractivity contribution is 7.87. The molecular weight excluding hydrogens is 228 g/mol. The summed E-state index contributed by atoms with van der Waals surface area (Å²) in [6, 6.07) is 7.56. The van der Waals surface area contributed by atoms with Crippen LogP contribution in [0.2, 0.25) is 0 Å². The molecule has 0 bridgehead atoms. The van der Waals surface area contributed by atoms with Gasteiger partial charge < -0.3 is 0 Å². The van der Waals surface area contributed by atoms with E-state index < -0.39 is 20.6 Å². The lowest BCUT2D eigenvalue weighted by molar-refractivity contribution is -0.111. The van der Waals surface area contributed by atoms with Gasteiger partial charge in [0.1, 0.15) is 0 Å². The molecule has 0 fully saturated rings. The van der Waals surface area contributed by atoms with Crippen LogP contribution in [0.3, 0.4) is 0 Å². The predicted octanol–water partition coefficient (Wildman–Crippen LogP) is 1.38. The summed E-state index contributed by atoms with van der Waals surface area (Å²) in [6.45, 7) is 0. The summed E-state index contributed by atoms with van der Waals surface area (Å²) in [5.74, 6) is 0. The Labute approximate surface area is 86.3 Å². The summed E-state index contributed by atoms with van der Waals surface area (Å²) in [5, 5.41) is -2.83. The van der Waals surface area contributed by atoms with Crippen LogP contribution < -0.4 is 0 Å². The second-order valence-electron chi connectivity index (χ2n) is 2.61. The van der Waals surface area contributed by atoms with Crippen LogP contribution in [0, 0.1) is 0 Å². The fourth-order valence-electron chi connectivity index (χ4n) is 1.05. The minimum absolute atomic E-state index is 0.148. The van der Waals surface area contributed by atoms with Gasteiger partial charge in [0.15, 0.2) is 5.25 Å². The lowest BCUT2D eigenvalue weighted by atomic mass is 10.2. The lowest BCUT2D eigenvalue weighted by Gasteiger charge is -2.08. The van der Waals surface area contributed by atoms with E-state index in [4.69, 9.17) is 16.2 Å². The molecule has 0 unspecified atom stereocenters. The Hall–Kier alpha value is -0.910. The monoisotopic (exact) mass is 234 g/mol. The zero-order valence-corrected chi connectivity index (χ0v) is 8.49. The second kappa shape index (κ2) is 4.08. The van der Waals surface area contributed by atoms with Crippen LogP contribution >= 0.6 is 11.6 Å². The Morgan fingerprint density at radius 2 is 1.79 bits per heavy atom. The van der Waals surface area contributed by atoms with Crippen molar-refractivity contribution in [3.63, 3.8) is 0 Å². The standard InChI is InChI=1S/C8H7ClO4S/c9-8(10)7(14(11,12)13)6-4-2-1-3-5-6/h1-5,7H,(H,11,12,13)/t7-/m1/s1. The van der Waals surface area contributed by atoms with Crippen molar-refractivity contribution < 1.29 is 17.8 Å². The van der Waals surface area contributed by atoms with Gasteiger partial charge in [0.25, 0.3) is 10.1 Å². The highest BCUT2D eigenvalue weighted by Gasteiger charge is 2.31. The molecule has 0 amide bonds. The molecule has 1 atom stereocenters. The van der Waals surface area contributed by atoms with E-state index >= 15 is 0 Å². The van der Waals surface area contributed by atoms with Crippen LogP contribution in [-0.2, 0) is 14.9 Å². The molecule has 0 saturated heterocycles. The first kappa shape index (κ1) is 11.2. The van der Waals surface area contributed by atoms with E-state index in [1.54, 1.807) is 18.2 Å². The number of carbonyl (C=O) groups excluding carboxylic acids is 1. The van der Waals surface area contributed by atoms with Crippen molar-refractivity contribution in [2.24, 2.45) is 0 Å². The molecule has 0 radical (unpaired) electrons. The minimum Gasteiger partial charge on any atom is -0.285 e. The van der Waals surface area contributed by atoms with E-state index in [2.05, 4.69) is 0 Å². The average Bonchev–Trinajstić information content (AvgIpc) is 2.02. The number of benzene rings is 1. The smallest absolute Gasteiger partial charge is 0.280 e. The van der Waals surface area contributed by atoms with Gasteiger partial charge in [0.05, 0.1) is 0 Å². The maximum Gasteiger partial charge on any atom is 0.280 e. The van der Waals surface area contributed by atoms with Crippen LogP contribution in [0.15, 0.2) is 30.3 Å². The van der Waals surface area contributed by atoms with Gasteiger partial charge in [-0.05, 0) is 17.2 Å². The number of hydrogen-bond acceptors (Lipinski definition) is 3. The van der Waals surface area contributed by atoms with Gasteiger partial charge in [-0.2, -0.15) is 8.42 Å². The van der Waals surface area contributed by atoms with Crippen molar-refractivity contribution in [3.8, 4) is 0 Å². The molecule has 1 rings (SSSR count). The van der Waals surface area contributed by atoms with E-state index in [-0.39, 0.29) is 5.56 Å². The number of halogens is 1. The first-order chi connectivity index (χ1) is 6.43. The van der Waals surface area contributed by atoms with Crippen molar-refractivity contribution in [1.29, 1.82) is 0 Å². The maximum atomic E-state index is 10.8. The third-order valence-corrected chi connectivity index (χ3v) is 3.04. The summed E-state index contributed by atoms with van der Waals surface area (Å²) in [7, 11) is -4.50. The van der Waals surface area contributed by atoms with Crippen LogP contribution in [0.5, 0.6) is 0 Å². The van der Waals surface area contributed by atoms with Crippen molar-refractivity contribution in [2.45, 2.75) is 5.25 Å². The molecule has 0 spiro atoms. The molecule has 0 aliphatic carbocycles. The normalized spacial score (nSPS) is 13.6. The van der Waals surface area contributed by atoms with Gasteiger partial charge in [-0.3, -0.25) is 9.35 Å². The SMILES string of the molecule is O=C(Cl)[C@@H](c1ccccc1)S(=O)(=O)O. The van der Waals surface area contributed by atoms with Crippen molar-refractivity contribution >= 4 is 27.0 Å². The molecule has 4 nitrogen and oxygen atoms in total. The molecular formula is C8H7ClO4S. The molecule has 0 saturated carbocycles. The Kier molecular flexibility index (Phi) is 3.25. The van der Waals surface area contributed by atoms with Gasteiger partial charge in [-0.25, -0.2) is 0 Å². The fraction of sp³-hybridized carbons (Fsp3) is 0.125. The van der Waals surface area contributed by atoms with Crippen LogP contribution in [0.25, 0.3) is 0 Å². The third kappa shape index (κ3) is 2.54. The first-order valence-corrected chi connectivity index (χ1v) is 5.51. The third-order valence-electron chi connectivity index (χ3n) is 1.61. The molecule has 0 heterocycles. The fourth-order valence-corrected chi connectivity index (χ4v) is 2.25. The largest absolute Gasteiger partial charge is 0.285 e. The van der Waals surface area contributed by atoms with E-state index in [0.29, 0.717) is 0 Å². The zero-order valence-electron chi connectivity index (χ0n) is 6.92. The van der Waals surface area contributed by atoms with E-state index in [0.717, 1.165) is 0 Å². The molecule has 0 aliphatic heterocycles. The number of hydrogen-bond donors (Lipinski definition) is 1. The summed E-state index contributed by atoms with van der Waals surface area (Å²) >= 11 is 5.08. The zero-order chi connectivity index (χ0) is 10.8. The molecule has 1 aromatic carbocycles. The molecule has 76 valence electrons. The maximum absolute atomic E-state index is 10.8. The molecule has 14 heavy (non-hydrogen) atoms. The summed E-state index contributed by atoms with van der Waals surface area (Å²) in [4.78, 5) is 10.8. The predicted molar refractivity (Wildman–Crippen MR) is 51.6 cm³/mol. The van der Waals surface area contributed by atoms with Gasteiger partial charge in [-0.15, -0.1) is 0 Å². The molecule has 0 aliphatic rings. The quantitative estimate of drug-likeness (QED) is 0.634. The van der Waals surface area contributed by atoms with E-state index in [1.165, 1.54) is 12.1 Å². The lowest BCUT2D eigenvalue weighted by Crippen LogP contribution is -2.17. The summed E-state index contributed by atoms with van der Waals surface area (Å²) in [6.07, 6.45) is 0. The Morgan fingerprint density at radius 3 is 2.14 bits per heavy atom. The Bertz CT molecular complexity index is 426. The van der Waals surface area contributed by atoms with Crippen LogP contribution in [-0.4, -0.2) is 18.2 Å². The molecule has 1 N–H and O–H groups in total. The van der Waals surface area contributed by atoms with Crippen molar-refractivity contribution in [2.75, 3.05) is 0 Å². The van der Waals surface area contributed by atoms with Gasteiger partial charge >= 0.3 is 0 Å². The highest BCUT2D eigenvalue weighted by atomic mass is 35.5. The highest BCUT2D eigenvalue weighted by Crippen LogP contribution is 2.23. The van der Waals surface area contributed by atoms with Gasteiger partial charge in [0, 0.05) is 0 Å². The Morgan fingerprint density at radius 1 is 1.29 bits per heavy atom.